The SMILES string of the molecule is Cc1cc(C)c(NC(=O)[C@H]2CCCN(c3nc4cccnc4n(Cc4ccccc4)c3=O)C2)c(C)c1. The molecule has 7 nitrogen and oxygen atoms in total. The number of rotatable bonds is 5. The van der Waals surface area contributed by atoms with Crippen molar-refractivity contribution in [1.82, 2.24) is 14.5 Å². The molecule has 1 amide bonds. The van der Waals surface area contributed by atoms with E-state index < -0.39 is 0 Å². The molecule has 0 radical (unpaired) electrons. The summed E-state index contributed by atoms with van der Waals surface area (Å²) in [5.74, 6) is 0.140. The molecular formula is C29H31N5O2. The van der Waals surface area contributed by atoms with E-state index in [0.717, 1.165) is 35.2 Å². The Morgan fingerprint density at radius 1 is 1.06 bits per heavy atom. The summed E-state index contributed by atoms with van der Waals surface area (Å²) in [6.07, 6.45) is 3.27. The zero-order valence-electron chi connectivity index (χ0n) is 21.0. The van der Waals surface area contributed by atoms with Gasteiger partial charge in [0.1, 0.15) is 5.52 Å². The van der Waals surface area contributed by atoms with Gasteiger partial charge in [-0.2, -0.15) is 0 Å². The van der Waals surface area contributed by atoms with Gasteiger partial charge in [-0.1, -0.05) is 48.0 Å². The number of carbonyl (C=O) groups excluding carboxylic acids is 1. The number of amides is 1. The number of piperidine rings is 1. The fourth-order valence-electron chi connectivity index (χ4n) is 5.17. The van der Waals surface area contributed by atoms with E-state index in [2.05, 4.69) is 29.4 Å². The molecule has 1 aliphatic heterocycles. The number of carbonyl (C=O) groups is 1. The molecule has 1 saturated heterocycles. The second kappa shape index (κ2) is 9.93. The summed E-state index contributed by atoms with van der Waals surface area (Å²) >= 11 is 0. The largest absolute Gasteiger partial charge is 0.351 e. The van der Waals surface area contributed by atoms with Gasteiger partial charge in [-0.25, -0.2) is 9.97 Å². The molecule has 1 fully saturated rings. The van der Waals surface area contributed by atoms with Gasteiger partial charge in [0, 0.05) is 25.0 Å². The topological polar surface area (TPSA) is 80.1 Å². The van der Waals surface area contributed by atoms with Crippen LogP contribution in [0.5, 0.6) is 0 Å². The minimum absolute atomic E-state index is 0.0122. The average Bonchev–Trinajstić information content (AvgIpc) is 2.88. The number of aromatic nitrogens is 3. The molecule has 5 rings (SSSR count). The Morgan fingerprint density at radius 3 is 2.56 bits per heavy atom. The quantitative estimate of drug-likeness (QED) is 0.450. The van der Waals surface area contributed by atoms with E-state index in [0.29, 0.717) is 36.6 Å². The molecular weight excluding hydrogens is 450 g/mol. The van der Waals surface area contributed by atoms with Gasteiger partial charge in [0.25, 0.3) is 5.56 Å². The summed E-state index contributed by atoms with van der Waals surface area (Å²) in [5.41, 5.74) is 6.23. The minimum Gasteiger partial charge on any atom is -0.351 e. The highest BCUT2D eigenvalue weighted by Crippen LogP contribution is 2.26. The van der Waals surface area contributed by atoms with Crippen LogP contribution in [0.3, 0.4) is 0 Å². The van der Waals surface area contributed by atoms with Crippen molar-refractivity contribution in [3.63, 3.8) is 0 Å². The van der Waals surface area contributed by atoms with E-state index in [1.54, 1.807) is 10.8 Å². The second-order valence-corrected chi connectivity index (χ2v) is 9.71. The molecule has 7 heteroatoms. The number of hydrogen-bond acceptors (Lipinski definition) is 5. The smallest absolute Gasteiger partial charge is 0.295 e. The van der Waals surface area contributed by atoms with Crippen LogP contribution < -0.4 is 15.8 Å². The van der Waals surface area contributed by atoms with Crippen LogP contribution in [-0.4, -0.2) is 33.5 Å². The van der Waals surface area contributed by atoms with E-state index in [9.17, 15) is 9.59 Å². The van der Waals surface area contributed by atoms with Gasteiger partial charge in [0.15, 0.2) is 11.5 Å². The summed E-state index contributed by atoms with van der Waals surface area (Å²) in [6, 6.07) is 17.7. The number of pyridine rings is 1. The lowest BCUT2D eigenvalue weighted by atomic mass is 9.96. The van der Waals surface area contributed by atoms with E-state index in [4.69, 9.17) is 4.98 Å². The molecule has 2 aromatic carbocycles. The van der Waals surface area contributed by atoms with Crippen LogP contribution in [-0.2, 0) is 11.3 Å². The first kappa shape index (κ1) is 23.7. The number of nitrogens with one attached hydrogen (secondary N) is 1. The van der Waals surface area contributed by atoms with Gasteiger partial charge in [-0.05, 0) is 62.4 Å². The van der Waals surface area contributed by atoms with Crippen LogP contribution >= 0.6 is 0 Å². The first-order valence-corrected chi connectivity index (χ1v) is 12.4. The van der Waals surface area contributed by atoms with Crippen molar-refractivity contribution in [2.75, 3.05) is 23.3 Å². The van der Waals surface area contributed by atoms with Gasteiger partial charge in [-0.15, -0.1) is 0 Å². The Balaban J connectivity index is 1.44. The Hall–Kier alpha value is -4.00. The fourth-order valence-corrected chi connectivity index (χ4v) is 5.17. The Kier molecular flexibility index (Phi) is 6.55. The molecule has 184 valence electrons. The zero-order valence-corrected chi connectivity index (χ0v) is 21.0. The summed E-state index contributed by atoms with van der Waals surface area (Å²) in [7, 11) is 0. The number of fused-ring (bicyclic) bond motifs is 1. The third-order valence-electron chi connectivity index (χ3n) is 6.88. The zero-order chi connectivity index (χ0) is 25.2. The highest BCUT2D eigenvalue weighted by Gasteiger charge is 2.29. The van der Waals surface area contributed by atoms with Gasteiger partial charge in [0.2, 0.25) is 5.91 Å². The molecule has 3 heterocycles. The summed E-state index contributed by atoms with van der Waals surface area (Å²) in [6.45, 7) is 7.64. The summed E-state index contributed by atoms with van der Waals surface area (Å²) in [5, 5.41) is 3.16. The van der Waals surface area contributed by atoms with Crippen LogP contribution in [0.25, 0.3) is 11.2 Å². The number of benzene rings is 2. The van der Waals surface area contributed by atoms with Crippen LogP contribution in [0.2, 0.25) is 0 Å². The summed E-state index contributed by atoms with van der Waals surface area (Å²) < 4.78 is 1.69. The van der Waals surface area contributed by atoms with Crippen LogP contribution in [0.15, 0.2) is 65.6 Å². The molecule has 0 saturated carbocycles. The Bertz CT molecular complexity index is 1460. The van der Waals surface area contributed by atoms with Crippen molar-refractivity contribution in [1.29, 1.82) is 0 Å². The van der Waals surface area contributed by atoms with E-state index in [-0.39, 0.29) is 17.4 Å². The predicted octanol–water partition coefficient (Wildman–Crippen LogP) is 4.62. The Labute approximate surface area is 210 Å². The van der Waals surface area contributed by atoms with Gasteiger partial charge < -0.3 is 10.2 Å². The van der Waals surface area contributed by atoms with Crippen molar-refractivity contribution >= 4 is 28.6 Å². The third-order valence-corrected chi connectivity index (χ3v) is 6.88. The Morgan fingerprint density at radius 2 is 1.81 bits per heavy atom. The first-order chi connectivity index (χ1) is 17.4. The lowest BCUT2D eigenvalue weighted by Crippen LogP contribution is -2.44. The monoisotopic (exact) mass is 481 g/mol. The number of aryl methyl sites for hydroxylation is 3. The van der Waals surface area contributed by atoms with Crippen molar-refractivity contribution in [2.45, 2.75) is 40.2 Å². The molecule has 0 spiro atoms. The molecule has 0 bridgehead atoms. The third kappa shape index (κ3) is 4.73. The molecule has 0 aliphatic carbocycles. The molecule has 2 aromatic heterocycles. The molecule has 36 heavy (non-hydrogen) atoms. The second-order valence-electron chi connectivity index (χ2n) is 9.71. The van der Waals surface area contributed by atoms with Gasteiger partial charge >= 0.3 is 0 Å². The number of hydrogen-bond donors (Lipinski definition) is 1. The van der Waals surface area contributed by atoms with Crippen LogP contribution in [0.1, 0.15) is 35.1 Å². The number of anilines is 2. The van der Waals surface area contributed by atoms with E-state index in [1.165, 1.54) is 5.56 Å². The number of nitrogens with zero attached hydrogens (tertiary/aromatic N) is 4. The van der Waals surface area contributed by atoms with Crippen molar-refractivity contribution in [2.24, 2.45) is 5.92 Å². The predicted molar refractivity (Wildman–Crippen MR) is 144 cm³/mol. The van der Waals surface area contributed by atoms with E-state index in [1.807, 2.05) is 61.2 Å². The standard InChI is InChI=1S/C29H31N5O2/c1-19-15-20(2)25(21(3)16-19)32-28(35)23-11-8-14-33(18-23)27-29(36)34(17-22-9-5-4-6-10-22)26-24(31-27)12-7-13-30-26/h4-7,9-10,12-13,15-16,23H,8,11,14,17-18H2,1-3H3,(H,32,35)/t23-/m0/s1. The molecule has 1 atom stereocenters. The maximum Gasteiger partial charge on any atom is 0.295 e. The van der Waals surface area contributed by atoms with E-state index >= 15 is 0 Å². The highest BCUT2D eigenvalue weighted by atomic mass is 16.2. The van der Waals surface area contributed by atoms with Crippen molar-refractivity contribution < 1.29 is 4.79 Å². The molecule has 1 N–H and O–H groups in total. The van der Waals surface area contributed by atoms with Crippen LogP contribution in [0.4, 0.5) is 11.5 Å². The lowest BCUT2D eigenvalue weighted by Gasteiger charge is -2.33. The fraction of sp³-hybridized carbons (Fsp3) is 0.310. The molecule has 0 unspecified atom stereocenters. The molecule has 4 aromatic rings. The first-order valence-electron chi connectivity index (χ1n) is 12.4. The van der Waals surface area contributed by atoms with Crippen molar-refractivity contribution in [3.05, 3.63) is 93.4 Å². The normalized spacial score (nSPS) is 15.8. The lowest BCUT2D eigenvalue weighted by molar-refractivity contribution is -0.120. The summed E-state index contributed by atoms with van der Waals surface area (Å²) in [4.78, 5) is 38.1. The van der Waals surface area contributed by atoms with Gasteiger partial charge in [0.05, 0.1) is 12.5 Å². The molecule has 1 aliphatic rings. The average molecular weight is 482 g/mol. The van der Waals surface area contributed by atoms with Crippen molar-refractivity contribution in [3.8, 4) is 0 Å². The maximum absolute atomic E-state index is 13.7. The van der Waals surface area contributed by atoms with Crippen LogP contribution in [0, 0.1) is 26.7 Å². The maximum atomic E-state index is 13.7. The van der Waals surface area contributed by atoms with Gasteiger partial charge in [-0.3, -0.25) is 14.2 Å². The minimum atomic E-state index is -0.229. The highest BCUT2D eigenvalue weighted by molar-refractivity contribution is 5.94.